The Hall–Kier alpha value is -2.97. The Bertz CT molecular complexity index is 1220. The van der Waals surface area contributed by atoms with Crippen molar-refractivity contribution in [3.63, 3.8) is 0 Å². The van der Waals surface area contributed by atoms with E-state index in [0.29, 0.717) is 18.9 Å². The van der Waals surface area contributed by atoms with E-state index in [1.165, 1.54) is 0 Å². The van der Waals surface area contributed by atoms with Gasteiger partial charge in [-0.15, -0.1) is 0 Å². The Kier molecular flexibility index (Phi) is 7.78. The molecule has 0 radical (unpaired) electrons. The van der Waals surface area contributed by atoms with E-state index in [1.807, 2.05) is 45.0 Å². The molecule has 0 spiro atoms. The standard InChI is InChI=1S/C25H32N4O3.CH5NO2S/c1-24(2,3)11-19(30)29-13-17-20(25(17,4)5)21(29)23(32)27-14(12-26)10-16-15-8-6-7-9-18(15)28-22(16)31;1-5(2,3)4/h6-9,14,16-17,20-21H,10-11,13H2,1-5H3,(H,27,32)(H,28,31);1H3,(H2,2,3,4)/t14-,16-,17-,20-,21-;/m0./s1. The van der Waals surface area contributed by atoms with Gasteiger partial charge in [-0.05, 0) is 40.7 Å². The van der Waals surface area contributed by atoms with Crippen LogP contribution in [0.4, 0.5) is 5.69 Å². The zero-order valence-corrected chi connectivity index (χ0v) is 23.1. The van der Waals surface area contributed by atoms with Crippen molar-refractivity contribution < 1.29 is 22.8 Å². The SMILES string of the molecule is CC(C)(C)CC(=O)N1C[C@H]2[C@@H]([C@H]1C(=O)N[C@H](C#N)C[C@@H]1C(=O)Nc3ccccc31)C2(C)C.CS(N)(=O)=O. The molecule has 4 N–H and O–H groups in total. The lowest BCUT2D eigenvalue weighted by Gasteiger charge is -2.32. The average molecular weight is 532 g/mol. The van der Waals surface area contributed by atoms with Gasteiger partial charge in [-0.3, -0.25) is 14.4 Å². The first-order valence-electron chi connectivity index (χ1n) is 12.3. The van der Waals surface area contributed by atoms with Gasteiger partial charge in [-0.25, -0.2) is 13.6 Å². The average Bonchev–Trinajstić information content (AvgIpc) is 3.07. The van der Waals surface area contributed by atoms with Gasteiger partial charge in [0, 0.05) is 18.7 Å². The summed E-state index contributed by atoms with van der Waals surface area (Å²) in [5.74, 6) is -0.548. The molecule has 4 rings (SSSR count). The Morgan fingerprint density at radius 3 is 2.46 bits per heavy atom. The number of sulfonamides is 1. The van der Waals surface area contributed by atoms with Crippen LogP contribution in [0.3, 0.4) is 0 Å². The maximum atomic E-state index is 13.4. The highest BCUT2D eigenvalue weighted by Gasteiger charge is 2.69. The third-order valence-electron chi connectivity index (χ3n) is 7.33. The number of nitrogens with two attached hydrogens (primary N) is 1. The number of primary sulfonamides is 1. The summed E-state index contributed by atoms with van der Waals surface area (Å²) in [6, 6.07) is 8.18. The van der Waals surface area contributed by atoms with Gasteiger partial charge in [0.05, 0.1) is 18.2 Å². The smallest absolute Gasteiger partial charge is 0.244 e. The fraction of sp³-hybridized carbons (Fsp3) is 0.615. The van der Waals surface area contributed by atoms with E-state index < -0.39 is 28.0 Å². The number of anilines is 1. The quantitative estimate of drug-likeness (QED) is 0.526. The third-order valence-corrected chi connectivity index (χ3v) is 7.33. The van der Waals surface area contributed by atoms with Crippen molar-refractivity contribution in [2.75, 3.05) is 18.1 Å². The summed E-state index contributed by atoms with van der Waals surface area (Å²) in [7, 11) is -3.17. The molecule has 5 atom stereocenters. The summed E-state index contributed by atoms with van der Waals surface area (Å²) in [5.41, 5.74) is 1.44. The number of carbonyl (C=O) groups is 3. The minimum atomic E-state index is -3.17. The summed E-state index contributed by atoms with van der Waals surface area (Å²) in [4.78, 5) is 40.5. The highest BCUT2D eigenvalue weighted by molar-refractivity contribution is 7.88. The molecule has 2 heterocycles. The van der Waals surface area contributed by atoms with Crippen molar-refractivity contribution in [2.24, 2.45) is 27.8 Å². The predicted octanol–water partition coefficient (Wildman–Crippen LogP) is 1.94. The number of hydrogen-bond donors (Lipinski definition) is 3. The lowest BCUT2D eigenvalue weighted by molar-refractivity contribution is -0.141. The molecule has 202 valence electrons. The van der Waals surface area contributed by atoms with E-state index in [-0.39, 0.29) is 40.9 Å². The molecule has 11 heteroatoms. The van der Waals surface area contributed by atoms with Crippen molar-refractivity contribution in [3.8, 4) is 6.07 Å². The highest BCUT2D eigenvalue weighted by Crippen LogP contribution is 2.65. The van der Waals surface area contributed by atoms with Crippen molar-refractivity contribution in [3.05, 3.63) is 29.8 Å². The number of piperidine rings is 1. The van der Waals surface area contributed by atoms with E-state index in [9.17, 15) is 28.1 Å². The zero-order valence-electron chi connectivity index (χ0n) is 22.2. The molecule has 3 amide bonds. The topological polar surface area (TPSA) is 162 Å². The van der Waals surface area contributed by atoms with E-state index in [1.54, 1.807) is 4.90 Å². The first-order valence-corrected chi connectivity index (χ1v) is 14.3. The monoisotopic (exact) mass is 531 g/mol. The highest BCUT2D eigenvalue weighted by atomic mass is 32.2. The number of para-hydroxylation sites is 1. The third kappa shape index (κ3) is 6.67. The number of nitrogens with one attached hydrogen (secondary N) is 2. The molecule has 0 bridgehead atoms. The normalized spacial score (nSPS) is 26.0. The van der Waals surface area contributed by atoms with Gasteiger partial charge in [0.1, 0.15) is 12.1 Å². The number of benzene rings is 1. The largest absolute Gasteiger partial charge is 0.339 e. The van der Waals surface area contributed by atoms with E-state index >= 15 is 0 Å². The molecular formula is C26H37N5O5S. The number of carbonyl (C=O) groups excluding carboxylic acids is 3. The van der Waals surface area contributed by atoms with Crippen LogP contribution in [0.2, 0.25) is 0 Å². The van der Waals surface area contributed by atoms with Gasteiger partial charge in [-0.1, -0.05) is 52.8 Å². The Morgan fingerprint density at radius 2 is 1.89 bits per heavy atom. The number of amides is 3. The molecule has 1 saturated carbocycles. The Morgan fingerprint density at radius 1 is 1.30 bits per heavy atom. The Labute approximate surface area is 219 Å². The molecule has 10 nitrogen and oxygen atoms in total. The molecule has 2 fully saturated rings. The minimum absolute atomic E-state index is 0.00688. The lowest BCUT2D eigenvalue weighted by Crippen LogP contribution is -2.52. The van der Waals surface area contributed by atoms with Crippen LogP contribution in [0.1, 0.15) is 58.9 Å². The first kappa shape index (κ1) is 28.6. The van der Waals surface area contributed by atoms with Gasteiger partial charge in [-0.2, -0.15) is 5.26 Å². The molecule has 37 heavy (non-hydrogen) atoms. The number of nitrogens with zero attached hydrogens (tertiary/aromatic N) is 2. The van der Waals surface area contributed by atoms with E-state index in [4.69, 9.17) is 0 Å². The molecule has 1 aromatic carbocycles. The summed E-state index contributed by atoms with van der Waals surface area (Å²) >= 11 is 0. The summed E-state index contributed by atoms with van der Waals surface area (Å²) < 4.78 is 18.8. The fourth-order valence-electron chi connectivity index (χ4n) is 5.54. The van der Waals surface area contributed by atoms with Crippen molar-refractivity contribution >= 4 is 33.4 Å². The minimum Gasteiger partial charge on any atom is -0.339 e. The van der Waals surface area contributed by atoms with Crippen LogP contribution in [0.25, 0.3) is 0 Å². The summed E-state index contributed by atoms with van der Waals surface area (Å²) in [6.45, 7) is 10.9. The van der Waals surface area contributed by atoms with Gasteiger partial charge in [0.2, 0.25) is 27.7 Å². The number of nitriles is 1. The van der Waals surface area contributed by atoms with E-state index in [0.717, 1.165) is 17.5 Å². The molecular weight excluding hydrogens is 494 g/mol. The van der Waals surface area contributed by atoms with Gasteiger partial charge >= 0.3 is 0 Å². The number of rotatable bonds is 5. The zero-order chi connectivity index (χ0) is 27.9. The van der Waals surface area contributed by atoms with Gasteiger partial charge in [0.25, 0.3) is 0 Å². The molecule has 1 aliphatic carbocycles. The van der Waals surface area contributed by atoms with Crippen LogP contribution >= 0.6 is 0 Å². The second-order valence-corrected chi connectivity index (χ2v) is 13.7. The van der Waals surface area contributed by atoms with Crippen LogP contribution in [0.15, 0.2) is 24.3 Å². The molecule has 3 aliphatic rings. The van der Waals surface area contributed by atoms with Crippen LogP contribution < -0.4 is 15.8 Å². The van der Waals surface area contributed by atoms with Gasteiger partial charge < -0.3 is 15.5 Å². The number of fused-ring (bicyclic) bond motifs is 2. The Balaban J connectivity index is 0.000000695. The fourth-order valence-corrected chi connectivity index (χ4v) is 5.54. The summed E-state index contributed by atoms with van der Waals surface area (Å²) in [5, 5.41) is 19.8. The number of likely N-dealkylation sites (tertiary alicyclic amines) is 1. The molecule has 2 aliphatic heterocycles. The maximum Gasteiger partial charge on any atom is 0.244 e. The first-order chi connectivity index (χ1) is 16.9. The van der Waals surface area contributed by atoms with Crippen LogP contribution in [-0.2, 0) is 24.4 Å². The van der Waals surface area contributed by atoms with Crippen molar-refractivity contribution in [1.29, 1.82) is 5.26 Å². The van der Waals surface area contributed by atoms with Crippen molar-refractivity contribution in [2.45, 2.75) is 65.5 Å². The number of hydrogen-bond acceptors (Lipinski definition) is 6. The predicted molar refractivity (Wildman–Crippen MR) is 139 cm³/mol. The van der Waals surface area contributed by atoms with Crippen LogP contribution in [-0.4, -0.2) is 55.9 Å². The van der Waals surface area contributed by atoms with Gasteiger partial charge in [0.15, 0.2) is 0 Å². The molecule has 0 aromatic heterocycles. The summed E-state index contributed by atoms with van der Waals surface area (Å²) in [6.07, 6.45) is 1.51. The lowest BCUT2D eigenvalue weighted by atomic mass is 9.90. The molecule has 1 aromatic rings. The molecule has 0 unspecified atom stereocenters. The van der Waals surface area contributed by atoms with Crippen LogP contribution in [0, 0.1) is 34.0 Å². The van der Waals surface area contributed by atoms with Crippen LogP contribution in [0.5, 0.6) is 0 Å². The van der Waals surface area contributed by atoms with Crippen molar-refractivity contribution in [1.82, 2.24) is 10.2 Å². The second kappa shape index (κ2) is 10.1. The molecule has 1 saturated heterocycles. The maximum absolute atomic E-state index is 13.4. The van der Waals surface area contributed by atoms with E-state index in [2.05, 4.69) is 35.7 Å². The second-order valence-electron chi connectivity index (χ2n) is 12.1.